The van der Waals surface area contributed by atoms with E-state index in [0.717, 1.165) is 12.1 Å². The van der Waals surface area contributed by atoms with Crippen molar-refractivity contribution in [1.29, 1.82) is 0 Å². The number of nitrogens with one attached hydrogen (secondary N) is 1. The molecule has 19 heavy (non-hydrogen) atoms. The lowest BCUT2D eigenvalue weighted by molar-refractivity contribution is 0.476. The van der Waals surface area contributed by atoms with Gasteiger partial charge in [0.1, 0.15) is 0 Å². The molecule has 2 atom stereocenters. The number of rotatable bonds is 3. The maximum Gasteiger partial charge on any atom is 0.0384 e. The first-order valence-corrected chi connectivity index (χ1v) is 6.95. The van der Waals surface area contributed by atoms with Crippen LogP contribution in [0.3, 0.4) is 0 Å². The molecule has 2 aliphatic rings. The molecule has 0 fully saturated rings. The van der Waals surface area contributed by atoms with Gasteiger partial charge in [0.15, 0.2) is 0 Å². The molecule has 1 aromatic rings. The summed E-state index contributed by atoms with van der Waals surface area (Å²) in [4.78, 5) is 0. The van der Waals surface area contributed by atoms with Gasteiger partial charge in [0.25, 0.3) is 0 Å². The van der Waals surface area contributed by atoms with Crippen LogP contribution < -0.4 is 5.32 Å². The molecule has 1 nitrogen and oxygen atoms in total. The van der Waals surface area contributed by atoms with Crippen LogP contribution in [0.15, 0.2) is 78.6 Å². The van der Waals surface area contributed by atoms with Gasteiger partial charge in [-0.15, -0.1) is 0 Å². The van der Waals surface area contributed by atoms with Crippen LogP contribution in [-0.2, 0) is 0 Å². The molecule has 0 bridgehead atoms. The van der Waals surface area contributed by atoms with Gasteiger partial charge in [-0.1, -0.05) is 54.7 Å². The second kappa shape index (κ2) is 5.75. The number of anilines is 1. The molecule has 0 saturated heterocycles. The van der Waals surface area contributed by atoms with Gasteiger partial charge in [0.2, 0.25) is 0 Å². The Bertz CT molecular complexity index is 534. The van der Waals surface area contributed by atoms with Crippen molar-refractivity contribution in [3.8, 4) is 0 Å². The first kappa shape index (κ1) is 12.0. The fraction of sp³-hybridized carbons (Fsp3) is 0.222. The van der Waals surface area contributed by atoms with Crippen molar-refractivity contribution in [2.75, 3.05) is 5.32 Å². The quantitative estimate of drug-likeness (QED) is 0.819. The van der Waals surface area contributed by atoms with Gasteiger partial charge in [-0.25, -0.2) is 0 Å². The van der Waals surface area contributed by atoms with Crippen molar-refractivity contribution >= 4 is 5.69 Å². The monoisotopic (exact) mass is 249 g/mol. The Labute approximate surface area is 115 Å². The summed E-state index contributed by atoms with van der Waals surface area (Å²) in [7, 11) is 0. The first-order chi connectivity index (χ1) is 9.42. The summed E-state index contributed by atoms with van der Waals surface area (Å²) in [5.41, 5.74) is 2.36. The van der Waals surface area contributed by atoms with Gasteiger partial charge in [0, 0.05) is 11.4 Å². The van der Waals surface area contributed by atoms with E-state index in [0.29, 0.717) is 11.8 Å². The van der Waals surface area contributed by atoms with Crippen LogP contribution in [0.4, 0.5) is 5.69 Å². The van der Waals surface area contributed by atoms with E-state index < -0.39 is 0 Å². The SMILES string of the molecule is C1=CCC(C2C=CC(Nc3ccccc3)=CC2)C=C1. The summed E-state index contributed by atoms with van der Waals surface area (Å²) in [6, 6.07) is 10.3. The molecule has 0 heterocycles. The lowest BCUT2D eigenvalue weighted by atomic mass is 9.82. The van der Waals surface area contributed by atoms with Gasteiger partial charge >= 0.3 is 0 Å². The van der Waals surface area contributed by atoms with E-state index in [-0.39, 0.29) is 0 Å². The van der Waals surface area contributed by atoms with Crippen molar-refractivity contribution in [2.24, 2.45) is 11.8 Å². The highest BCUT2D eigenvalue weighted by Crippen LogP contribution is 2.29. The van der Waals surface area contributed by atoms with Gasteiger partial charge in [-0.2, -0.15) is 0 Å². The molecule has 0 spiro atoms. The molecule has 1 heteroatoms. The average Bonchev–Trinajstić information content (AvgIpc) is 2.50. The molecule has 0 amide bonds. The Kier molecular flexibility index (Phi) is 3.64. The molecular formula is C18H19N. The molecule has 0 saturated carbocycles. The Balaban J connectivity index is 1.60. The molecule has 96 valence electrons. The lowest BCUT2D eigenvalue weighted by Crippen LogP contribution is -2.14. The molecule has 3 rings (SSSR count). The number of benzene rings is 1. The van der Waals surface area contributed by atoms with Crippen LogP contribution in [0.2, 0.25) is 0 Å². The Morgan fingerprint density at radius 2 is 1.74 bits per heavy atom. The zero-order chi connectivity index (χ0) is 12.9. The van der Waals surface area contributed by atoms with Crippen LogP contribution in [0.1, 0.15) is 12.8 Å². The number of hydrogen-bond donors (Lipinski definition) is 1. The Morgan fingerprint density at radius 1 is 0.895 bits per heavy atom. The second-order valence-corrected chi connectivity index (χ2v) is 5.12. The molecule has 2 aliphatic carbocycles. The predicted octanol–water partition coefficient (Wildman–Crippen LogP) is 4.69. The van der Waals surface area contributed by atoms with Crippen molar-refractivity contribution in [2.45, 2.75) is 12.8 Å². The largest absolute Gasteiger partial charge is 0.356 e. The highest BCUT2D eigenvalue weighted by Gasteiger charge is 2.18. The second-order valence-electron chi connectivity index (χ2n) is 5.12. The zero-order valence-electron chi connectivity index (χ0n) is 11.0. The highest BCUT2D eigenvalue weighted by molar-refractivity contribution is 5.51. The average molecular weight is 249 g/mol. The fourth-order valence-corrected chi connectivity index (χ4v) is 2.65. The summed E-state index contributed by atoms with van der Waals surface area (Å²) in [5, 5.41) is 3.45. The van der Waals surface area contributed by atoms with Crippen molar-refractivity contribution in [3.63, 3.8) is 0 Å². The van der Waals surface area contributed by atoms with Gasteiger partial charge in [0.05, 0.1) is 0 Å². The summed E-state index contributed by atoms with van der Waals surface area (Å²) < 4.78 is 0. The zero-order valence-corrected chi connectivity index (χ0v) is 11.0. The van der Waals surface area contributed by atoms with E-state index in [2.05, 4.69) is 72.1 Å². The van der Waals surface area contributed by atoms with Crippen LogP contribution in [0.25, 0.3) is 0 Å². The third-order valence-corrected chi connectivity index (χ3v) is 3.76. The molecule has 0 aliphatic heterocycles. The van der Waals surface area contributed by atoms with Crippen molar-refractivity contribution in [3.05, 3.63) is 78.6 Å². The first-order valence-electron chi connectivity index (χ1n) is 6.95. The number of para-hydroxylation sites is 1. The maximum atomic E-state index is 3.45. The van der Waals surface area contributed by atoms with E-state index in [9.17, 15) is 0 Å². The minimum Gasteiger partial charge on any atom is -0.356 e. The summed E-state index contributed by atoms with van der Waals surface area (Å²) in [5.74, 6) is 1.30. The third kappa shape index (κ3) is 3.05. The molecule has 0 radical (unpaired) electrons. The smallest absolute Gasteiger partial charge is 0.0384 e. The van der Waals surface area contributed by atoms with Gasteiger partial charge < -0.3 is 5.32 Å². The van der Waals surface area contributed by atoms with Crippen molar-refractivity contribution in [1.82, 2.24) is 0 Å². The van der Waals surface area contributed by atoms with E-state index in [1.807, 2.05) is 6.07 Å². The van der Waals surface area contributed by atoms with Crippen molar-refractivity contribution < 1.29 is 0 Å². The minimum atomic E-state index is 0.641. The topological polar surface area (TPSA) is 12.0 Å². The van der Waals surface area contributed by atoms with Crippen LogP contribution in [0, 0.1) is 11.8 Å². The molecule has 0 aromatic heterocycles. The van der Waals surface area contributed by atoms with Gasteiger partial charge in [-0.3, -0.25) is 0 Å². The summed E-state index contributed by atoms with van der Waals surface area (Å²) in [6.45, 7) is 0. The van der Waals surface area contributed by atoms with Crippen LogP contribution in [-0.4, -0.2) is 0 Å². The Hall–Kier alpha value is -2.02. The Morgan fingerprint density at radius 3 is 2.42 bits per heavy atom. The lowest BCUT2D eigenvalue weighted by Gasteiger charge is -2.24. The highest BCUT2D eigenvalue weighted by atomic mass is 14.9. The minimum absolute atomic E-state index is 0.641. The number of allylic oxidation sites excluding steroid dienone is 7. The predicted molar refractivity (Wildman–Crippen MR) is 81.8 cm³/mol. The van der Waals surface area contributed by atoms with Crippen LogP contribution in [0.5, 0.6) is 0 Å². The summed E-state index contributed by atoms with van der Waals surface area (Å²) in [6.07, 6.45) is 18.1. The van der Waals surface area contributed by atoms with E-state index in [4.69, 9.17) is 0 Å². The molecule has 1 aromatic carbocycles. The molecule has 1 N–H and O–H groups in total. The standard InChI is InChI=1S/C18H19N/c1-3-7-15(8-4-1)16-11-13-18(14-12-16)19-17-9-5-2-6-10-17/h1-7,9-11,13-16,19H,8,12H2. The number of hydrogen-bond acceptors (Lipinski definition) is 1. The third-order valence-electron chi connectivity index (χ3n) is 3.76. The normalized spacial score (nSPS) is 25.2. The maximum absolute atomic E-state index is 3.45. The van der Waals surface area contributed by atoms with Gasteiger partial charge in [-0.05, 0) is 42.9 Å². The molecular weight excluding hydrogens is 230 g/mol. The summed E-state index contributed by atoms with van der Waals surface area (Å²) >= 11 is 0. The van der Waals surface area contributed by atoms with E-state index in [1.165, 1.54) is 12.1 Å². The van der Waals surface area contributed by atoms with Crippen LogP contribution >= 0.6 is 0 Å². The molecule has 2 unspecified atom stereocenters. The van der Waals surface area contributed by atoms with E-state index in [1.54, 1.807) is 0 Å². The van der Waals surface area contributed by atoms with E-state index >= 15 is 0 Å². The fourth-order valence-electron chi connectivity index (χ4n) is 2.65.